The van der Waals surface area contributed by atoms with E-state index in [9.17, 15) is 9.90 Å². The Balaban J connectivity index is 2.77. The molecule has 5 heteroatoms. The number of fused-ring (bicyclic) bond motifs is 1. The second-order valence-electron chi connectivity index (χ2n) is 3.03. The molecule has 2 aromatic heterocycles. The molecule has 2 rings (SSSR count). The van der Waals surface area contributed by atoms with Crippen LogP contribution in [0.5, 0.6) is 5.75 Å². The molecular weight excluding hydrogens is 184 g/mol. The van der Waals surface area contributed by atoms with Crippen LogP contribution in [0.2, 0.25) is 0 Å². The van der Waals surface area contributed by atoms with E-state index < -0.39 is 5.97 Å². The summed E-state index contributed by atoms with van der Waals surface area (Å²) in [6.45, 7) is 1.77. The van der Waals surface area contributed by atoms with Crippen molar-refractivity contribution in [3.8, 4) is 5.75 Å². The minimum atomic E-state index is -1.08. The lowest BCUT2D eigenvalue weighted by Crippen LogP contribution is -1.98. The van der Waals surface area contributed by atoms with E-state index in [1.807, 2.05) is 0 Å². The lowest BCUT2D eigenvalue weighted by Gasteiger charge is -1.99. The van der Waals surface area contributed by atoms with Crippen LogP contribution in [-0.2, 0) is 0 Å². The zero-order valence-electron chi connectivity index (χ0n) is 7.43. The average molecular weight is 192 g/mol. The Morgan fingerprint density at radius 3 is 2.86 bits per heavy atom. The summed E-state index contributed by atoms with van der Waals surface area (Å²) >= 11 is 0. The maximum absolute atomic E-state index is 10.7. The van der Waals surface area contributed by atoms with Gasteiger partial charge in [-0.15, -0.1) is 0 Å². The van der Waals surface area contributed by atoms with Gasteiger partial charge >= 0.3 is 5.97 Å². The molecular formula is C9H8N2O3. The Morgan fingerprint density at radius 2 is 2.21 bits per heavy atom. The van der Waals surface area contributed by atoms with Gasteiger partial charge in [-0.05, 0) is 13.0 Å². The van der Waals surface area contributed by atoms with Crippen LogP contribution in [-0.4, -0.2) is 25.6 Å². The number of imidazole rings is 1. The molecule has 0 aliphatic rings. The summed E-state index contributed by atoms with van der Waals surface area (Å²) in [6.07, 6.45) is 3.07. The van der Waals surface area contributed by atoms with Crippen molar-refractivity contribution in [2.45, 2.75) is 6.92 Å². The Kier molecular flexibility index (Phi) is 1.67. The number of rotatable bonds is 1. The fourth-order valence-electron chi connectivity index (χ4n) is 1.32. The Morgan fingerprint density at radius 1 is 1.50 bits per heavy atom. The standard InChI is InChI=1S/C9H8N2O3/c1-5-3-11-4-6(9(13)14)2-7(12)8(11)10-5/h2-4,12H,1H3,(H,13,14). The number of aromatic hydroxyl groups is 1. The molecule has 2 N–H and O–H groups in total. The van der Waals surface area contributed by atoms with Crippen molar-refractivity contribution in [1.82, 2.24) is 9.38 Å². The number of carbonyl (C=O) groups is 1. The molecule has 0 amide bonds. The molecule has 0 bridgehead atoms. The smallest absolute Gasteiger partial charge is 0.337 e. The van der Waals surface area contributed by atoms with Crippen LogP contribution in [0.1, 0.15) is 16.1 Å². The van der Waals surface area contributed by atoms with Crippen molar-refractivity contribution < 1.29 is 15.0 Å². The first kappa shape index (κ1) is 8.55. The van der Waals surface area contributed by atoms with Crippen molar-refractivity contribution in [2.75, 3.05) is 0 Å². The molecule has 14 heavy (non-hydrogen) atoms. The molecule has 0 unspecified atom stereocenters. The van der Waals surface area contributed by atoms with Gasteiger partial charge in [0.05, 0.1) is 11.3 Å². The number of hydrogen-bond donors (Lipinski definition) is 2. The fraction of sp³-hybridized carbons (Fsp3) is 0.111. The zero-order valence-corrected chi connectivity index (χ0v) is 7.43. The van der Waals surface area contributed by atoms with Crippen LogP contribution in [0, 0.1) is 6.92 Å². The van der Waals surface area contributed by atoms with Crippen molar-refractivity contribution in [1.29, 1.82) is 0 Å². The molecule has 0 atom stereocenters. The summed E-state index contributed by atoms with van der Waals surface area (Å²) in [4.78, 5) is 14.7. The summed E-state index contributed by atoms with van der Waals surface area (Å²) in [7, 11) is 0. The molecule has 0 saturated heterocycles. The first-order valence-corrected chi connectivity index (χ1v) is 3.99. The number of hydrogen-bond acceptors (Lipinski definition) is 3. The molecule has 0 spiro atoms. The fourth-order valence-corrected chi connectivity index (χ4v) is 1.32. The quantitative estimate of drug-likeness (QED) is 0.708. The largest absolute Gasteiger partial charge is 0.504 e. The molecule has 5 nitrogen and oxygen atoms in total. The van der Waals surface area contributed by atoms with Gasteiger partial charge < -0.3 is 14.6 Å². The number of aromatic carboxylic acids is 1. The molecule has 0 aromatic carbocycles. The predicted octanol–water partition coefficient (Wildman–Crippen LogP) is 1.05. The number of aromatic nitrogens is 2. The number of pyridine rings is 1. The monoisotopic (exact) mass is 192 g/mol. The first-order valence-electron chi connectivity index (χ1n) is 3.99. The minimum absolute atomic E-state index is 0.0346. The summed E-state index contributed by atoms with van der Waals surface area (Å²) in [5.74, 6) is -1.20. The van der Waals surface area contributed by atoms with Gasteiger partial charge in [0.15, 0.2) is 11.4 Å². The van der Waals surface area contributed by atoms with Gasteiger partial charge in [-0.1, -0.05) is 0 Å². The van der Waals surface area contributed by atoms with Gasteiger partial charge in [0.25, 0.3) is 0 Å². The summed E-state index contributed by atoms with van der Waals surface area (Å²) in [5, 5.41) is 18.2. The van der Waals surface area contributed by atoms with Crippen LogP contribution in [0.25, 0.3) is 5.65 Å². The third-order valence-electron chi connectivity index (χ3n) is 1.90. The predicted molar refractivity (Wildman–Crippen MR) is 48.6 cm³/mol. The van der Waals surface area contributed by atoms with E-state index in [2.05, 4.69) is 4.98 Å². The van der Waals surface area contributed by atoms with Gasteiger partial charge in [0.2, 0.25) is 0 Å². The van der Waals surface area contributed by atoms with E-state index in [4.69, 9.17) is 5.11 Å². The highest BCUT2D eigenvalue weighted by Gasteiger charge is 2.09. The second-order valence-corrected chi connectivity index (χ2v) is 3.03. The van der Waals surface area contributed by atoms with Crippen molar-refractivity contribution in [3.05, 3.63) is 29.7 Å². The average Bonchev–Trinajstić information content (AvgIpc) is 2.45. The third-order valence-corrected chi connectivity index (χ3v) is 1.90. The highest BCUT2D eigenvalue weighted by molar-refractivity contribution is 5.88. The maximum Gasteiger partial charge on any atom is 0.337 e. The van der Waals surface area contributed by atoms with Crippen LogP contribution >= 0.6 is 0 Å². The lowest BCUT2D eigenvalue weighted by molar-refractivity contribution is 0.0696. The summed E-state index contributed by atoms with van der Waals surface area (Å²) < 4.78 is 1.49. The number of nitrogens with zero attached hydrogens (tertiary/aromatic N) is 2. The van der Waals surface area contributed by atoms with E-state index >= 15 is 0 Å². The second kappa shape index (κ2) is 2.73. The van der Waals surface area contributed by atoms with E-state index in [1.54, 1.807) is 13.1 Å². The molecule has 0 fully saturated rings. The van der Waals surface area contributed by atoms with Gasteiger partial charge in [-0.25, -0.2) is 9.78 Å². The Labute approximate surface area is 79.2 Å². The lowest BCUT2D eigenvalue weighted by atomic mass is 10.3. The topological polar surface area (TPSA) is 74.8 Å². The van der Waals surface area contributed by atoms with Crippen molar-refractivity contribution >= 4 is 11.6 Å². The number of carboxylic acids is 1. The van der Waals surface area contributed by atoms with Crippen LogP contribution in [0.4, 0.5) is 0 Å². The zero-order chi connectivity index (χ0) is 10.3. The minimum Gasteiger partial charge on any atom is -0.504 e. The Bertz CT molecular complexity index is 516. The van der Waals surface area contributed by atoms with Crippen molar-refractivity contribution in [3.63, 3.8) is 0 Å². The molecule has 2 aromatic rings. The van der Waals surface area contributed by atoms with Gasteiger partial charge in [0, 0.05) is 12.4 Å². The summed E-state index contributed by atoms with van der Waals surface area (Å²) in [5.41, 5.74) is 1.13. The van der Waals surface area contributed by atoms with E-state index in [0.717, 1.165) is 5.69 Å². The van der Waals surface area contributed by atoms with Crippen LogP contribution < -0.4 is 0 Å². The third kappa shape index (κ3) is 1.19. The van der Waals surface area contributed by atoms with Crippen molar-refractivity contribution in [2.24, 2.45) is 0 Å². The maximum atomic E-state index is 10.7. The first-order chi connectivity index (χ1) is 6.58. The highest BCUT2D eigenvalue weighted by atomic mass is 16.4. The molecule has 0 aliphatic heterocycles. The highest BCUT2D eigenvalue weighted by Crippen LogP contribution is 2.19. The number of aryl methyl sites for hydroxylation is 1. The van der Waals surface area contributed by atoms with Crippen LogP contribution in [0.15, 0.2) is 18.5 Å². The van der Waals surface area contributed by atoms with Gasteiger partial charge in [-0.2, -0.15) is 0 Å². The normalized spacial score (nSPS) is 10.6. The SMILES string of the molecule is Cc1cn2cc(C(=O)O)cc(O)c2n1. The van der Waals surface area contributed by atoms with Crippen LogP contribution in [0.3, 0.4) is 0 Å². The van der Waals surface area contributed by atoms with E-state index in [-0.39, 0.29) is 11.3 Å². The molecule has 72 valence electrons. The molecule has 0 radical (unpaired) electrons. The van der Waals surface area contributed by atoms with Gasteiger partial charge in [-0.3, -0.25) is 0 Å². The summed E-state index contributed by atoms with van der Waals surface area (Å²) in [6, 6.07) is 1.18. The molecule has 0 aliphatic carbocycles. The van der Waals surface area contributed by atoms with E-state index in [0.29, 0.717) is 5.65 Å². The molecule has 2 heterocycles. The Hall–Kier alpha value is -2.04. The van der Waals surface area contributed by atoms with Gasteiger partial charge in [0.1, 0.15) is 0 Å². The van der Waals surface area contributed by atoms with E-state index in [1.165, 1.54) is 16.7 Å². The molecule has 0 saturated carbocycles. The number of carboxylic acid groups (broad SMARTS) is 1.